The van der Waals surface area contributed by atoms with E-state index in [0.717, 1.165) is 17.7 Å². The van der Waals surface area contributed by atoms with E-state index in [2.05, 4.69) is 4.98 Å². The van der Waals surface area contributed by atoms with Crippen molar-refractivity contribution < 1.29 is 13.2 Å². The third-order valence-corrected chi connectivity index (χ3v) is 3.86. The van der Waals surface area contributed by atoms with Crippen LogP contribution in [0.1, 0.15) is 34.9 Å². The van der Waals surface area contributed by atoms with Crippen LogP contribution in [0.4, 0.5) is 13.2 Å². The van der Waals surface area contributed by atoms with E-state index in [9.17, 15) is 13.2 Å². The Morgan fingerprint density at radius 1 is 0.950 bits per heavy atom. The topological polar surface area (TPSA) is 12.9 Å². The van der Waals surface area contributed by atoms with Gasteiger partial charge in [0.05, 0.1) is 10.9 Å². The van der Waals surface area contributed by atoms with Gasteiger partial charge in [0.15, 0.2) is 0 Å². The van der Waals surface area contributed by atoms with Gasteiger partial charge in [-0.25, -0.2) is 0 Å². The van der Waals surface area contributed by atoms with Crippen molar-refractivity contribution in [2.75, 3.05) is 0 Å². The van der Waals surface area contributed by atoms with Gasteiger partial charge in [-0.2, -0.15) is 13.2 Å². The predicted octanol–water partition coefficient (Wildman–Crippen LogP) is 5.18. The molecule has 0 radical (unpaired) electrons. The van der Waals surface area contributed by atoms with Crippen LogP contribution in [0.5, 0.6) is 0 Å². The van der Waals surface area contributed by atoms with Crippen molar-refractivity contribution >= 4 is 11.6 Å². The Hall–Kier alpha value is -1.55. The molecule has 20 heavy (non-hydrogen) atoms. The number of pyridine rings is 1. The minimum atomic E-state index is -4.32. The minimum Gasteiger partial charge on any atom is -0.265 e. The van der Waals surface area contributed by atoms with Crippen molar-refractivity contribution in [2.24, 2.45) is 0 Å². The van der Waals surface area contributed by atoms with E-state index in [1.807, 2.05) is 19.1 Å². The molecule has 0 aliphatic carbocycles. The zero-order valence-corrected chi connectivity index (χ0v) is 11.5. The lowest BCUT2D eigenvalue weighted by atomic mass is 9.93. The second-order valence-electron chi connectivity index (χ2n) is 4.59. The first-order valence-corrected chi connectivity index (χ1v) is 6.54. The van der Waals surface area contributed by atoms with Gasteiger partial charge >= 0.3 is 6.18 Å². The molecular formula is C15H13ClF3N. The maximum absolute atomic E-state index is 12.5. The molecule has 0 aliphatic heterocycles. The summed E-state index contributed by atoms with van der Waals surface area (Å²) in [5.41, 5.74) is 1.01. The van der Waals surface area contributed by atoms with E-state index in [1.165, 1.54) is 12.1 Å². The molecule has 2 unspecified atom stereocenters. The van der Waals surface area contributed by atoms with Crippen LogP contribution in [0.2, 0.25) is 0 Å². The van der Waals surface area contributed by atoms with Crippen LogP contribution in [0, 0.1) is 0 Å². The van der Waals surface area contributed by atoms with Crippen molar-refractivity contribution in [1.82, 2.24) is 4.98 Å². The molecule has 106 valence electrons. The third-order valence-electron chi connectivity index (χ3n) is 3.23. The summed E-state index contributed by atoms with van der Waals surface area (Å²) in [6, 6.07) is 8.68. The van der Waals surface area contributed by atoms with Crippen molar-refractivity contribution in [3.8, 4) is 0 Å². The third kappa shape index (κ3) is 3.31. The van der Waals surface area contributed by atoms with Gasteiger partial charge in [0.2, 0.25) is 0 Å². The number of nitrogens with zero attached hydrogens (tertiary/aromatic N) is 1. The summed E-state index contributed by atoms with van der Waals surface area (Å²) >= 11 is 6.36. The van der Waals surface area contributed by atoms with Crippen LogP contribution in [0.25, 0.3) is 0 Å². The molecule has 0 saturated carbocycles. The number of alkyl halides is 4. The van der Waals surface area contributed by atoms with Crippen LogP contribution >= 0.6 is 11.6 Å². The molecule has 2 atom stereocenters. The molecule has 0 bridgehead atoms. The number of benzene rings is 1. The second kappa shape index (κ2) is 5.83. The highest BCUT2D eigenvalue weighted by atomic mass is 35.5. The zero-order chi connectivity index (χ0) is 14.8. The number of rotatable bonds is 3. The lowest BCUT2D eigenvalue weighted by molar-refractivity contribution is -0.137. The van der Waals surface area contributed by atoms with Crippen LogP contribution in [-0.4, -0.2) is 4.98 Å². The first kappa shape index (κ1) is 14.9. The summed E-state index contributed by atoms with van der Waals surface area (Å²) in [4.78, 5) is 3.93. The SMILES string of the molecule is CC(c1ccncc1)C(Cl)c1ccc(C(F)(F)F)cc1. The normalized spacial score (nSPS) is 14.8. The molecule has 1 heterocycles. The molecule has 1 aromatic heterocycles. The Bertz CT molecular complexity index is 552. The first-order valence-electron chi connectivity index (χ1n) is 6.10. The summed E-state index contributed by atoms with van der Waals surface area (Å²) < 4.78 is 37.5. The van der Waals surface area contributed by atoms with Gasteiger partial charge in [-0.1, -0.05) is 19.1 Å². The van der Waals surface area contributed by atoms with Crippen molar-refractivity contribution in [3.05, 3.63) is 65.5 Å². The van der Waals surface area contributed by atoms with Gasteiger partial charge in [-0.05, 0) is 35.4 Å². The van der Waals surface area contributed by atoms with Crippen molar-refractivity contribution in [2.45, 2.75) is 24.4 Å². The highest BCUT2D eigenvalue weighted by Crippen LogP contribution is 2.37. The van der Waals surface area contributed by atoms with Gasteiger partial charge in [0.1, 0.15) is 0 Å². The van der Waals surface area contributed by atoms with Crippen LogP contribution in [-0.2, 0) is 6.18 Å². The molecule has 0 amide bonds. The summed E-state index contributed by atoms with van der Waals surface area (Å²) in [7, 11) is 0. The van der Waals surface area contributed by atoms with E-state index >= 15 is 0 Å². The fourth-order valence-electron chi connectivity index (χ4n) is 1.98. The number of hydrogen-bond acceptors (Lipinski definition) is 1. The largest absolute Gasteiger partial charge is 0.416 e. The molecule has 0 spiro atoms. The molecule has 2 aromatic rings. The van der Waals surface area contributed by atoms with Gasteiger partial charge in [-0.3, -0.25) is 4.98 Å². The molecule has 0 fully saturated rings. The fourth-order valence-corrected chi connectivity index (χ4v) is 2.27. The maximum atomic E-state index is 12.5. The van der Waals surface area contributed by atoms with Crippen LogP contribution in [0.15, 0.2) is 48.8 Å². The standard InChI is InChI=1S/C15H13ClF3N/c1-10(11-6-8-20-9-7-11)14(16)12-2-4-13(5-3-12)15(17,18)19/h2-10,14H,1H3. The Morgan fingerprint density at radius 3 is 2.00 bits per heavy atom. The predicted molar refractivity (Wildman–Crippen MR) is 72.7 cm³/mol. The minimum absolute atomic E-state index is 0.0172. The molecule has 0 aliphatic rings. The molecule has 0 N–H and O–H groups in total. The van der Waals surface area contributed by atoms with E-state index < -0.39 is 11.7 Å². The average molecular weight is 300 g/mol. The lowest BCUT2D eigenvalue weighted by Gasteiger charge is -2.19. The van der Waals surface area contributed by atoms with Crippen LogP contribution < -0.4 is 0 Å². The number of aromatic nitrogens is 1. The van der Waals surface area contributed by atoms with Gasteiger partial charge < -0.3 is 0 Å². The fraction of sp³-hybridized carbons (Fsp3) is 0.267. The molecule has 1 nitrogen and oxygen atoms in total. The summed E-state index contributed by atoms with van der Waals surface area (Å²) in [5.74, 6) is -0.0172. The highest BCUT2D eigenvalue weighted by Gasteiger charge is 2.30. The summed E-state index contributed by atoms with van der Waals surface area (Å²) in [5, 5.41) is -0.389. The maximum Gasteiger partial charge on any atom is 0.416 e. The Labute approximate surface area is 120 Å². The van der Waals surface area contributed by atoms with Gasteiger partial charge in [0, 0.05) is 18.3 Å². The lowest BCUT2D eigenvalue weighted by Crippen LogP contribution is -2.06. The second-order valence-corrected chi connectivity index (χ2v) is 5.06. The molecule has 1 aromatic carbocycles. The quantitative estimate of drug-likeness (QED) is 0.711. The van der Waals surface area contributed by atoms with E-state index in [-0.39, 0.29) is 11.3 Å². The molecule has 5 heteroatoms. The Balaban J connectivity index is 2.19. The zero-order valence-electron chi connectivity index (χ0n) is 10.7. The summed E-state index contributed by atoms with van der Waals surface area (Å²) in [6.45, 7) is 1.94. The first-order chi connectivity index (χ1) is 9.39. The number of halogens is 4. The number of hydrogen-bond donors (Lipinski definition) is 0. The van der Waals surface area contributed by atoms with Gasteiger partial charge in [0.25, 0.3) is 0 Å². The van der Waals surface area contributed by atoms with E-state index in [0.29, 0.717) is 5.56 Å². The molecular weight excluding hydrogens is 287 g/mol. The van der Waals surface area contributed by atoms with Crippen molar-refractivity contribution in [1.29, 1.82) is 0 Å². The Morgan fingerprint density at radius 2 is 1.50 bits per heavy atom. The molecule has 2 rings (SSSR count). The van der Waals surface area contributed by atoms with E-state index in [4.69, 9.17) is 11.6 Å². The monoisotopic (exact) mass is 299 g/mol. The molecule has 0 saturated heterocycles. The van der Waals surface area contributed by atoms with Crippen LogP contribution in [0.3, 0.4) is 0 Å². The summed E-state index contributed by atoms with van der Waals surface area (Å²) in [6.07, 6.45) is -0.985. The Kier molecular flexibility index (Phi) is 4.33. The average Bonchev–Trinajstić information content (AvgIpc) is 2.46. The van der Waals surface area contributed by atoms with E-state index in [1.54, 1.807) is 12.4 Å². The smallest absolute Gasteiger partial charge is 0.265 e. The highest BCUT2D eigenvalue weighted by molar-refractivity contribution is 6.21. The van der Waals surface area contributed by atoms with Gasteiger partial charge in [-0.15, -0.1) is 11.6 Å². The van der Waals surface area contributed by atoms with Crippen molar-refractivity contribution in [3.63, 3.8) is 0 Å².